The average Bonchev–Trinajstić information content (AvgIpc) is 2.65. The number of nitrogens with zero attached hydrogens (tertiary/aromatic N) is 1. The van der Waals surface area contributed by atoms with E-state index >= 15 is 0 Å². The molecule has 0 bridgehead atoms. The molecule has 0 aliphatic carbocycles. The third-order valence-electron chi connectivity index (χ3n) is 4.77. The van der Waals surface area contributed by atoms with Gasteiger partial charge in [-0.3, -0.25) is 9.59 Å². The van der Waals surface area contributed by atoms with Gasteiger partial charge in [0.2, 0.25) is 11.8 Å². The molecule has 2 fully saturated rings. The van der Waals surface area contributed by atoms with E-state index in [9.17, 15) is 9.59 Å². The van der Waals surface area contributed by atoms with E-state index in [0.29, 0.717) is 6.42 Å². The fourth-order valence-electron chi connectivity index (χ4n) is 3.10. The molecule has 2 N–H and O–H groups in total. The van der Waals surface area contributed by atoms with Crippen LogP contribution in [0.4, 0.5) is 0 Å². The summed E-state index contributed by atoms with van der Waals surface area (Å²) in [5.41, 5.74) is -0.0881. The first-order valence-corrected chi connectivity index (χ1v) is 7.65. The Labute approximate surface area is 121 Å². The second kappa shape index (κ2) is 5.72. The van der Waals surface area contributed by atoms with Gasteiger partial charge >= 0.3 is 0 Å². The summed E-state index contributed by atoms with van der Waals surface area (Å²) in [6, 6.07) is 0. The zero-order valence-corrected chi connectivity index (χ0v) is 12.9. The van der Waals surface area contributed by atoms with Crippen molar-refractivity contribution in [2.24, 2.45) is 5.41 Å². The van der Waals surface area contributed by atoms with Crippen molar-refractivity contribution in [1.29, 1.82) is 0 Å². The second-order valence-electron chi connectivity index (χ2n) is 6.96. The Balaban J connectivity index is 1.90. The van der Waals surface area contributed by atoms with Crippen LogP contribution in [-0.4, -0.2) is 48.4 Å². The maximum Gasteiger partial charge on any atom is 0.240 e. The number of nitrogens with one attached hydrogen (secondary N) is 2. The molecule has 0 atom stereocenters. The number of amides is 2. The monoisotopic (exact) mass is 281 g/mol. The van der Waals surface area contributed by atoms with Crippen LogP contribution in [0.1, 0.15) is 46.5 Å². The molecule has 0 aromatic rings. The molecule has 0 radical (unpaired) electrons. The molecule has 2 aliphatic heterocycles. The molecule has 2 amide bonds. The first-order chi connectivity index (χ1) is 9.36. The van der Waals surface area contributed by atoms with Gasteiger partial charge in [0.1, 0.15) is 0 Å². The highest BCUT2D eigenvalue weighted by atomic mass is 16.2. The topological polar surface area (TPSA) is 61.4 Å². The SMILES string of the molecule is CCC(C)(C)NC(=O)CN1CC2(CCNCC2)CC1=O. The number of carbonyl (C=O) groups is 2. The number of rotatable bonds is 4. The molecule has 0 unspecified atom stereocenters. The first kappa shape index (κ1) is 15.3. The van der Waals surface area contributed by atoms with Crippen molar-refractivity contribution in [3.05, 3.63) is 0 Å². The van der Waals surface area contributed by atoms with Gasteiger partial charge in [-0.2, -0.15) is 0 Å². The quantitative estimate of drug-likeness (QED) is 0.804. The molecule has 2 rings (SSSR count). The van der Waals surface area contributed by atoms with Crippen LogP contribution < -0.4 is 10.6 Å². The van der Waals surface area contributed by atoms with Crippen LogP contribution in [0.2, 0.25) is 0 Å². The Kier molecular flexibility index (Phi) is 4.37. The minimum atomic E-state index is -0.202. The van der Waals surface area contributed by atoms with E-state index in [1.807, 2.05) is 20.8 Å². The van der Waals surface area contributed by atoms with Crippen molar-refractivity contribution in [3.63, 3.8) is 0 Å². The molecule has 2 heterocycles. The minimum Gasteiger partial charge on any atom is -0.350 e. The van der Waals surface area contributed by atoms with Crippen molar-refractivity contribution in [2.45, 2.75) is 52.0 Å². The van der Waals surface area contributed by atoms with Gasteiger partial charge in [0.05, 0.1) is 6.54 Å². The normalized spacial score (nSPS) is 22.4. The van der Waals surface area contributed by atoms with Gasteiger partial charge < -0.3 is 15.5 Å². The van der Waals surface area contributed by atoms with Crippen molar-refractivity contribution < 1.29 is 9.59 Å². The zero-order chi connectivity index (χ0) is 14.8. The number of carbonyl (C=O) groups excluding carboxylic acids is 2. The van der Waals surface area contributed by atoms with Crippen molar-refractivity contribution in [1.82, 2.24) is 15.5 Å². The largest absolute Gasteiger partial charge is 0.350 e. The Morgan fingerprint density at radius 2 is 2.05 bits per heavy atom. The predicted molar refractivity (Wildman–Crippen MR) is 78.2 cm³/mol. The third kappa shape index (κ3) is 3.51. The summed E-state index contributed by atoms with van der Waals surface area (Å²) in [7, 11) is 0. The van der Waals surface area contributed by atoms with E-state index in [-0.39, 0.29) is 29.3 Å². The smallest absolute Gasteiger partial charge is 0.240 e. The van der Waals surface area contributed by atoms with Crippen LogP contribution in [0.25, 0.3) is 0 Å². The van der Waals surface area contributed by atoms with Gasteiger partial charge in [-0.25, -0.2) is 0 Å². The van der Waals surface area contributed by atoms with Crippen LogP contribution in [0.15, 0.2) is 0 Å². The first-order valence-electron chi connectivity index (χ1n) is 7.65. The molecule has 0 aromatic heterocycles. The fraction of sp³-hybridized carbons (Fsp3) is 0.867. The van der Waals surface area contributed by atoms with Crippen LogP contribution in [-0.2, 0) is 9.59 Å². The van der Waals surface area contributed by atoms with E-state index in [1.165, 1.54) is 0 Å². The van der Waals surface area contributed by atoms with E-state index in [4.69, 9.17) is 0 Å². The van der Waals surface area contributed by atoms with Crippen molar-refractivity contribution >= 4 is 11.8 Å². The van der Waals surface area contributed by atoms with Crippen molar-refractivity contribution in [3.8, 4) is 0 Å². The highest BCUT2D eigenvalue weighted by Crippen LogP contribution is 2.39. The van der Waals surface area contributed by atoms with Gasteiger partial charge in [0.25, 0.3) is 0 Å². The Hall–Kier alpha value is -1.10. The molecular formula is C15H27N3O2. The molecule has 0 aromatic carbocycles. The van der Waals surface area contributed by atoms with Gasteiger partial charge in [0, 0.05) is 18.5 Å². The summed E-state index contributed by atoms with van der Waals surface area (Å²) < 4.78 is 0. The lowest BCUT2D eigenvalue weighted by Crippen LogP contribution is -2.48. The van der Waals surface area contributed by atoms with E-state index in [2.05, 4.69) is 10.6 Å². The zero-order valence-electron chi connectivity index (χ0n) is 12.9. The van der Waals surface area contributed by atoms with Gasteiger partial charge in [-0.15, -0.1) is 0 Å². The predicted octanol–water partition coefficient (Wildman–Crippen LogP) is 0.893. The molecule has 2 saturated heterocycles. The fourth-order valence-corrected chi connectivity index (χ4v) is 3.10. The Bertz CT molecular complexity index is 387. The van der Waals surface area contributed by atoms with Gasteiger partial charge in [-0.05, 0) is 51.6 Å². The number of hydrogen-bond acceptors (Lipinski definition) is 3. The maximum atomic E-state index is 12.1. The van der Waals surface area contributed by atoms with E-state index in [1.54, 1.807) is 4.90 Å². The van der Waals surface area contributed by atoms with Crippen LogP contribution in [0.3, 0.4) is 0 Å². The highest BCUT2D eigenvalue weighted by molar-refractivity contribution is 5.86. The summed E-state index contributed by atoms with van der Waals surface area (Å²) in [4.78, 5) is 26.0. The highest BCUT2D eigenvalue weighted by Gasteiger charge is 2.44. The second-order valence-corrected chi connectivity index (χ2v) is 6.96. The summed E-state index contributed by atoms with van der Waals surface area (Å²) in [5, 5.41) is 6.34. The lowest BCUT2D eigenvalue weighted by molar-refractivity contribution is -0.133. The minimum absolute atomic E-state index is 0.0452. The average molecular weight is 281 g/mol. The van der Waals surface area contributed by atoms with Crippen molar-refractivity contribution in [2.75, 3.05) is 26.2 Å². The number of piperidine rings is 1. The third-order valence-corrected chi connectivity index (χ3v) is 4.77. The molecule has 5 nitrogen and oxygen atoms in total. The summed E-state index contributed by atoms with van der Waals surface area (Å²) in [6.45, 7) is 8.97. The molecule has 1 spiro atoms. The summed E-state index contributed by atoms with van der Waals surface area (Å²) in [6.07, 6.45) is 3.57. The maximum absolute atomic E-state index is 12.1. The van der Waals surface area contributed by atoms with Crippen LogP contribution in [0.5, 0.6) is 0 Å². The van der Waals surface area contributed by atoms with Crippen LogP contribution >= 0.6 is 0 Å². The molecule has 114 valence electrons. The molecule has 0 saturated carbocycles. The number of likely N-dealkylation sites (tertiary alicyclic amines) is 1. The Morgan fingerprint density at radius 1 is 1.40 bits per heavy atom. The van der Waals surface area contributed by atoms with E-state index < -0.39 is 0 Å². The molecular weight excluding hydrogens is 254 g/mol. The standard InChI is InChI=1S/C15H27N3O2/c1-4-14(2,3)17-12(19)10-18-11-15(9-13(18)20)5-7-16-8-6-15/h16H,4-11H2,1-3H3,(H,17,19). The lowest BCUT2D eigenvalue weighted by atomic mass is 9.78. The Morgan fingerprint density at radius 3 is 2.65 bits per heavy atom. The molecule has 20 heavy (non-hydrogen) atoms. The van der Waals surface area contributed by atoms with Gasteiger partial charge in [0.15, 0.2) is 0 Å². The van der Waals surface area contributed by atoms with E-state index in [0.717, 1.165) is 38.9 Å². The van der Waals surface area contributed by atoms with Gasteiger partial charge in [-0.1, -0.05) is 6.92 Å². The molecule has 2 aliphatic rings. The summed E-state index contributed by atoms with van der Waals surface area (Å²) in [5.74, 6) is 0.0903. The molecule has 5 heteroatoms. The summed E-state index contributed by atoms with van der Waals surface area (Å²) >= 11 is 0. The lowest BCUT2D eigenvalue weighted by Gasteiger charge is -2.33. The van der Waals surface area contributed by atoms with Crippen LogP contribution in [0, 0.1) is 5.41 Å². The number of hydrogen-bond donors (Lipinski definition) is 2.